The predicted octanol–water partition coefficient (Wildman–Crippen LogP) is 1.74. The molecule has 3 N–H and O–H groups in total. The average molecular weight is 347 g/mol. The third-order valence-electron chi connectivity index (χ3n) is 3.87. The number of pyridine rings is 1. The van der Waals surface area contributed by atoms with Crippen molar-refractivity contribution in [2.75, 3.05) is 13.1 Å². The number of unbranched alkanes of at least 4 members (excludes halogenated alkanes) is 1. The van der Waals surface area contributed by atoms with Crippen molar-refractivity contribution in [2.45, 2.75) is 38.8 Å². The number of hydrogen-bond acceptors (Lipinski definition) is 4. The van der Waals surface area contributed by atoms with E-state index in [4.69, 9.17) is 4.42 Å². The second-order valence-corrected chi connectivity index (χ2v) is 6.23. The SMILES string of the molecule is Cc1ccc(C(C)(O)CNC(=O)NCCCCn2ccccc2=O)o1. The molecule has 0 saturated carbocycles. The van der Waals surface area contributed by atoms with E-state index in [1.165, 1.54) is 6.07 Å². The molecule has 0 radical (unpaired) electrons. The normalized spacial score (nSPS) is 13.2. The van der Waals surface area contributed by atoms with Crippen LogP contribution in [0.3, 0.4) is 0 Å². The van der Waals surface area contributed by atoms with E-state index in [0.29, 0.717) is 24.6 Å². The molecular formula is C18H25N3O4. The molecule has 2 amide bonds. The second kappa shape index (κ2) is 8.53. The number of aliphatic hydroxyl groups is 1. The van der Waals surface area contributed by atoms with Gasteiger partial charge in [-0.1, -0.05) is 6.07 Å². The number of amides is 2. The molecule has 2 aromatic heterocycles. The summed E-state index contributed by atoms with van der Waals surface area (Å²) in [5.74, 6) is 1.12. The van der Waals surface area contributed by atoms with Crippen molar-refractivity contribution in [3.8, 4) is 0 Å². The molecule has 2 rings (SSSR count). The molecule has 7 heteroatoms. The van der Waals surface area contributed by atoms with Gasteiger partial charge in [0, 0.05) is 25.4 Å². The zero-order valence-electron chi connectivity index (χ0n) is 14.6. The van der Waals surface area contributed by atoms with Crippen molar-refractivity contribution in [3.63, 3.8) is 0 Å². The fourth-order valence-corrected chi connectivity index (χ4v) is 2.38. The lowest BCUT2D eigenvalue weighted by Crippen LogP contribution is -2.43. The van der Waals surface area contributed by atoms with Crippen LogP contribution in [0, 0.1) is 6.92 Å². The monoisotopic (exact) mass is 347 g/mol. The first-order chi connectivity index (χ1) is 11.9. The zero-order chi connectivity index (χ0) is 18.3. The van der Waals surface area contributed by atoms with Crippen molar-refractivity contribution in [1.29, 1.82) is 0 Å². The summed E-state index contributed by atoms with van der Waals surface area (Å²) in [7, 11) is 0. The first kappa shape index (κ1) is 18.8. The molecule has 0 aliphatic heterocycles. The average Bonchev–Trinajstić information content (AvgIpc) is 3.02. The number of carbonyl (C=O) groups excluding carboxylic acids is 1. The Balaban J connectivity index is 1.64. The summed E-state index contributed by atoms with van der Waals surface area (Å²) in [6.07, 6.45) is 3.29. The van der Waals surface area contributed by atoms with Gasteiger partial charge >= 0.3 is 6.03 Å². The minimum Gasteiger partial charge on any atom is -0.463 e. The van der Waals surface area contributed by atoms with Gasteiger partial charge in [0.1, 0.15) is 17.1 Å². The maximum atomic E-state index is 11.8. The maximum Gasteiger partial charge on any atom is 0.314 e. The third-order valence-corrected chi connectivity index (χ3v) is 3.87. The lowest BCUT2D eigenvalue weighted by Gasteiger charge is -2.21. The number of furan rings is 1. The fraction of sp³-hybridized carbons (Fsp3) is 0.444. The Labute approximate surface area is 146 Å². The van der Waals surface area contributed by atoms with E-state index in [1.54, 1.807) is 42.8 Å². The Morgan fingerprint density at radius 3 is 2.72 bits per heavy atom. The quantitative estimate of drug-likeness (QED) is 0.634. The van der Waals surface area contributed by atoms with Crippen molar-refractivity contribution in [3.05, 3.63) is 58.4 Å². The maximum absolute atomic E-state index is 11.8. The Morgan fingerprint density at radius 1 is 1.24 bits per heavy atom. The first-order valence-electron chi connectivity index (χ1n) is 8.35. The molecule has 2 aromatic rings. The molecule has 0 bridgehead atoms. The summed E-state index contributed by atoms with van der Waals surface area (Å²) in [5.41, 5.74) is -1.29. The highest BCUT2D eigenvalue weighted by atomic mass is 16.4. The van der Waals surface area contributed by atoms with E-state index in [1.807, 2.05) is 6.07 Å². The number of aromatic nitrogens is 1. The highest BCUT2D eigenvalue weighted by Crippen LogP contribution is 2.21. The molecule has 0 aliphatic carbocycles. The van der Waals surface area contributed by atoms with Crippen LogP contribution in [-0.4, -0.2) is 28.8 Å². The van der Waals surface area contributed by atoms with Gasteiger partial charge in [-0.25, -0.2) is 4.79 Å². The van der Waals surface area contributed by atoms with Crippen molar-refractivity contribution in [1.82, 2.24) is 15.2 Å². The largest absolute Gasteiger partial charge is 0.463 e. The number of rotatable bonds is 8. The number of nitrogens with one attached hydrogen (secondary N) is 2. The van der Waals surface area contributed by atoms with Crippen LogP contribution in [0.15, 0.2) is 45.7 Å². The van der Waals surface area contributed by atoms with E-state index >= 15 is 0 Å². The van der Waals surface area contributed by atoms with Crippen LogP contribution in [-0.2, 0) is 12.1 Å². The summed E-state index contributed by atoms with van der Waals surface area (Å²) < 4.78 is 7.04. The Morgan fingerprint density at radius 2 is 2.04 bits per heavy atom. The van der Waals surface area contributed by atoms with Gasteiger partial charge in [-0.2, -0.15) is 0 Å². The summed E-state index contributed by atoms with van der Waals surface area (Å²) in [6.45, 7) is 4.54. The van der Waals surface area contributed by atoms with E-state index in [2.05, 4.69) is 10.6 Å². The minimum atomic E-state index is -1.26. The lowest BCUT2D eigenvalue weighted by molar-refractivity contribution is 0.0360. The molecule has 25 heavy (non-hydrogen) atoms. The summed E-state index contributed by atoms with van der Waals surface area (Å²) in [5, 5.41) is 15.7. The molecule has 0 aliphatic rings. The molecule has 0 spiro atoms. The molecule has 0 saturated heterocycles. The molecule has 2 heterocycles. The molecule has 7 nitrogen and oxygen atoms in total. The van der Waals surface area contributed by atoms with E-state index in [-0.39, 0.29) is 18.1 Å². The van der Waals surface area contributed by atoms with E-state index in [0.717, 1.165) is 12.8 Å². The highest BCUT2D eigenvalue weighted by molar-refractivity contribution is 5.73. The van der Waals surface area contributed by atoms with Gasteiger partial charge in [-0.05, 0) is 44.9 Å². The molecule has 136 valence electrons. The molecule has 0 aromatic carbocycles. The smallest absolute Gasteiger partial charge is 0.314 e. The fourth-order valence-electron chi connectivity index (χ4n) is 2.38. The van der Waals surface area contributed by atoms with Crippen LogP contribution in [0.4, 0.5) is 4.79 Å². The number of nitrogens with zero attached hydrogens (tertiary/aromatic N) is 1. The molecule has 0 fully saturated rings. The number of urea groups is 1. The Hall–Kier alpha value is -2.54. The van der Waals surface area contributed by atoms with Crippen LogP contribution in [0.2, 0.25) is 0 Å². The first-order valence-corrected chi connectivity index (χ1v) is 8.35. The van der Waals surface area contributed by atoms with Crippen molar-refractivity contribution < 1.29 is 14.3 Å². The molecule has 1 unspecified atom stereocenters. The van der Waals surface area contributed by atoms with Crippen LogP contribution in [0.25, 0.3) is 0 Å². The third kappa shape index (κ3) is 5.79. The topological polar surface area (TPSA) is 96.5 Å². The summed E-state index contributed by atoms with van der Waals surface area (Å²) >= 11 is 0. The van der Waals surface area contributed by atoms with Gasteiger partial charge < -0.3 is 24.7 Å². The summed E-state index contributed by atoms with van der Waals surface area (Å²) in [4.78, 5) is 23.3. The Bertz CT molecular complexity index is 749. The zero-order valence-corrected chi connectivity index (χ0v) is 14.6. The van der Waals surface area contributed by atoms with Crippen LogP contribution >= 0.6 is 0 Å². The van der Waals surface area contributed by atoms with Gasteiger partial charge in [-0.3, -0.25) is 4.79 Å². The van der Waals surface area contributed by atoms with Gasteiger partial charge in [0.05, 0.1) is 6.54 Å². The van der Waals surface area contributed by atoms with Gasteiger partial charge in [0.15, 0.2) is 0 Å². The van der Waals surface area contributed by atoms with E-state index < -0.39 is 5.60 Å². The van der Waals surface area contributed by atoms with Crippen molar-refractivity contribution >= 4 is 6.03 Å². The predicted molar refractivity (Wildman–Crippen MR) is 94.4 cm³/mol. The second-order valence-electron chi connectivity index (χ2n) is 6.23. The minimum absolute atomic E-state index is 0.0244. The van der Waals surface area contributed by atoms with E-state index in [9.17, 15) is 14.7 Å². The number of carbonyl (C=O) groups is 1. The lowest BCUT2D eigenvalue weighted by atomic mass is 10.0. The van der Waals surface area contributed by atoms with Crippen molar-refractivity contribution in [2.24, 2.45) is 0 Å². The molecular weight excluding hydrogens is 322 g/mol. The van der Waals surface area contributed by atoms with Gasteiger partial charge in [-0.15, -0.1) is 0 Å². The standard InChI is InChI=1S/C18H25N3O4/c1-14-8-9-15(25-14)18(2,24)13-20-17(23)19-10-4-6-12-21-11-5-3-7-16(21)22/h3,5,7-9,11,24H,4,6,10,12-13H2,1-2H3,(H2,19,20,23). The highest BCUT2D eigenvalue weighted by Gasteiger charge is 2.27. The van der Waals surface area contributed by atoms with Crippen LogP contribution in [0.5, 0.6) is 0 Å². The number of aryl methyl sites for hydroxylation is 2. The van der Waals surface area contributed by atoms with Gasteiger partial charge in [0.2, 0.25) is 5.56 Å². The summed E-state index contributed by atoms with van der Waals surface area (Å²) in [6, 6.07) is 8.17. The van der Waals surface area contributed by atoms with Crippen LogP contribution in [0.1, 0.15) is 31.3 Å². The Kier molecular flexibility index (Phi) is 6.41. The number of hydrogen-bond donors (Lipinski definition) is 3. The van der Waals surface area contributed by atoms with Gasteiger partial charge in [0.25, 0.3) is 0 Å². The molecule has 1 atom stereocenters. The van der Waals surface area contributed by atoms with Crippen LogP contribution < -0.4 is 16.2 Å².